The number of nitrogens with one attached hydrogen (secondary N) is 3. The van der Waals surface area contributed by atoms with Crippen LogP contribution in [0.2, 0.25) is 0 Å². The summed E-state index contributed by atoms with van der Waals surface area (Å²) in [6.45, 7) is 3.87. The Morgan fingerprint density at radius 2 is 1.80 bits per heavy atom. The molecule has 6 heteroatoms. The summed E-state index contributed by atoms with van der Waals surface area (Å²) in [5.41, 5.74) is 4.22. The zero-order chi connectivity index (χ0) is 18.0. The van der Waals surface area contributed by atoms with Gasteiger partial charge in [-0.3, -0.25) is 4.79 Å². The number of hydrogen-bond donors (Lipinski definition) is 3. The smallest absolute Gasteiger partial charge is 0.255 e. The van der Waals surface area contributed by atoms with E-state index in [0.717, 1.165) is 27.0 Å². The summed E-state index contributed by atoms with van der Waals surface area (Å²) < 4.78 is 0.922. The molecule has 0 saturated carbocycles. The van der Waals surface area contributed by atoms with Crippen LogP contribution in [-0.2, 0) is 4.79 Å². The van der Waals surface area contributed by atoms with Gasteiger partial charge in [-0.2, -0.15) is 0 Å². The lowest BCUT2D eigenvalue weighted by atomic mass is 9.95. The lowest BCUT2D eigenvalue weighted by Gasteiger charge is -2.31. The van der Waals surface area contributed by atoms with Crippen molar-refractivity contribution in [3.8, 4) is 0 Å². The molecule has 1 amide bonds. The van der Waals surface area contributed by atoms with E-state index < -0.39 is 0 Å². The Morgan fingerprint density at radius 3 is 2.48 bits per heavy atom. The number of amides is 1. The summed E-state index contributed by atoms with van der Waals surface area (Å²) in [5, 5.41) is 9.72. The molecular weight excluding hydrogens is 398 g/mol. The van der Waals surface area contributed by atoms with Crippen LogP contribution < -0.4 is 16.0 Å². The quantitative estimate of drug-likeness (QED) is 0.657. The first kappa shape index (κ1) is 17.6. The number of carbonyl (C=O) groups excluding carboxylic acids is 1. The van der Waals surface area contributed by atoms with Gasteiger partial charge in [-0.1, -0.05) is 51.8 Å². The molecule has 2 aromatic carbocycles. The molecule has 0 spiro atoms. The lowest BCUT2D eigenvalue weighted by Crippen LogP contribution is -2.45. The molecule has 0 radical (unpaired) electrons. The number of carbonyl (C=O) groups is 1. The number of halogens is 1. The summed E-state index contributed by atoms with van der Waals surface area (Å²) in [7, 11) is 0. The second-order valence-electron chi connectivity index (χ2n) is 5.91. The van der Waals surface area contributed by atoms with Gasteiger partial charge in [0.05, 0.1) is 11.6 Å². The van der Waals surface area contributed by atoms with Crippen LogP contribution in [-0.4, -0.2) is 11.0 Å². The highest BCUT2D eigenvalue weighted by Crippen LogP contribution is 2.32. The molecule has 128 valence electrons. The average Bonchev–Trinajstić information content (AvgIpc) is 2.56. The monoisotopic (exact) mass is 415 g/mol. The summed E-state index contributed by atoms with van der Waals surface area (Å²) >= 11 is 8.85. The minimum atomic E-state index is -0.324. The normalized spacial score (nSPS) is 16.9. The highest BCUT2D eigenvalue weighted by Gasteiger charge is 2.30. The summed E-state index contributed by atoms with van der Waals surface area (Å²) in [6.07, 6.45) is 0. The minimum absolute atomic E-state index is 0.162. The molecule has 3 N–H and O–H groups in total. The fraction of sp³-hybridized carbons (Fsp3) is 0.158. The van der Waals surface area contributed by atoms with E-state index in [0.29, 0.717) is 10.7 Å². The first-order valence-corrected chi connectivity index (χ1v) is 9.06. The standard InChI is InChI=1S/C19H18BrN3OS/c1-11-7-9-13(10-8-11)22-18(24)16-12(2)21-19(25)23-17(16)14-5-3-4-6-15(14)20/h3-10,17H,1-2H3,(H,22,24)(H2,21,23,25). The van der Waals surface area contributed by atoms with Crippen molar-refractivity contribution < 1.29 is 4.79 Å². The van der Waals surface area contributed by atoms with Crippen LogP contribution in [0.25, 0.3) is 0 Å². The van der Waals surface area contributed by atoms with Crippen LogP contribution >= 0.6 is 28.1 Å². The number of allylic oxidation sites excluding steroid dienone is 1. The van der Waals surface area contributed by atoms with Gasteiger partial charge in [0.2, 0.25) is 0 Å². The highest BCUT2D eigenvalue weighted by atomic mass is 79.9. The van der Waals surface area contributed by atoms with Gasteiger partial charge in [-0.05, 0) is 49.8 Å². The molecule has 1 aliphatic rings. The largest absolute Gasteiger partial charge is 0.351 e. The maximum Gasteiger partial charge on any atom is 0.255 e. The Kier molecular flexibility index (Phi) is 5.20. The van der Waals surface area contributed by atoms with Gasteiger partial charge in [-0.15, -0.1) is 0 Å². The van der Waals surface area contributed by atoms with Crippen molar-refractivity contribution in [1.82, 2.24) is 10.6 Å². The number of rotatable bonds is 3. The van der Waals surface area contributed by atoms with Gasteiger partial charge in [0, 0.05) is 15.9 Å². The van der Waals surface area contributed by atoms with Crippen molar-refractivity contribution in [3.63, 3.8) is 0 Å². The molecule has 0 fully saturated rings. The molecule has 1 unspecified atom stereocenters. The van der Waals surface area contributed by atoms with Crippen molar-refractivity contribution in [1.29, 1.82) is 0 Å². The van der Waals surface area contributed by atoms with Crippen LogP contribution in [0.1, 0.15) is 24.1 Å². The Morgan fingerprint density at radius 1 is 1.12 bits per heavy atom. The molecule has 25 heavy (non-hydrogen) atoms. The third-order valence-electron chi connectivity index (χ3n) is 4.04. The van der Waals surface area contributed by atoms with Crippen molar-refractivity contribution in [2.45, 2.75) is 19.9 Å². The molecule has 0 saturated heterocycles. The van der Waals surface area contributed by atoms with Crippen LogP contribution in [0.15, 0.2) is 64.3 Å². The second kappa shape index (κ2) is 7.37. The van der Waals surface area contributed by atoms with Crippen LogP contribution in [0.3, 0.4) is 0 Å². The summed E-state index contributed by atoms with van der Waals surface area (Å²) in [6, 6.07) is 15.2. The molecule has 4 nitrogen and oxygen atoms in total. The van der Waals surface area contributed by atoms with Gasteiger partial charge in [0.25, 0.3) is 5.91 Å². The highest BCUT2D eigenvalue weighted by molar-refractivity contribution is 9.10. The van der Waals surface area contributed by atoms with E-state index in [9.17, 15) is 4.79 Å². The van der Waals surface area contributed by atoms with E-state index >= 15 is 0 Å². The number of hydrogen-bond acceptors (Lipinski definition) is 2. The number of benzene rings is 2. The second-order valence-corrected chi connectivity index (χ2v) is 7.17. The zero-order valence-electron chi connectivity index (χ0n) is 13.9. The fourth-order valence-corrected chi connectivity index (χ4v) is 3.56. The van der Waals surface area contributed by atoms with Crippen molar-refractivity contribution in [3.05, 3.63) is 75.4 Å². The van der Waals surface area contributed by atoms with E-state index in [4.69, 9.17) is 12.2 Å². The minimum Gasteiger partial charge on any atom is -0.351 e. The average molecular weight is 416 g/mol. The number of anilines is 1. The predicted molar refractivity (Wildman–Crippen MR) is 108 cm³/mol. The summed E-state index contributed by atoms with van der Waals surface area (Å²) in [5.74, 6) is -0.162. The van der Waals surface area contributed by atoms with E-state index in [-0.39, 0.29) is 11.9 Å². The zero-order valence-corrected chi connectivity index (χ0v) is 16.3. The molecule has 0 aliphatic carbocycles. The topological polar surface area (TPSA) is 53.2 Å². The fourth-order valence-electron chi connectivity index (χ4n) is 2.77. The number of thiocarbonyl (C=S) groups is 1. The van der Waals surface area contributed by atoms with Crippen molar-refractivity contribution in [2.24, 2.45) is 0 Å². The molecule has 0 aromatic heterocycles. The number of aryl methyl sites for hydroxylation is 1. The van der Waals surface area contributed by atoms with E-state index in [1.165, 1.54) is 0 Å². The molecule has 1 atom stereocenters. The van der Waals surface area contributed by atoms with E-state index in [1.807, 2.05) is 62.4 Å². The summed E-state index contributed by atoms with van der Waals surface area (Å²) in [4.78, 5) is 13.0. The Bertz CT molecular complexity index is 861. The van der Waals surface area contributed by atoms with Gasteiger partial charge >= 0.3 is 0 Å². The molecular formula is C19H18BrN3OS. The molecule has 2 aromatic rings. The Labute approximate surface area is 160 Å². The maximum absolute atomic E-state index is 13.0. The molecule has 1 aliphatic heterocycles. The molecule has 0 bridgehead atoms. The molecule has 1 heterocycles. The maximum atomic E-state index is 13.0. The Balaban J connectivity index is 1.96. The first-order valence-electron chi connectivity index (χ1n) is 7.86. The van der Waals surface area contributed by atoms with Gasteiger partial charge in [0.1, 0.15) is 0 Å². The van der Waals surface area contributed by atoms with E-state index in [2.05, 4.69) is 31.9 Å². The van der Waals surface area contributed by atoms with Crippen LogP contribution in [0.5, 0.6) is 0 Å². The Hall–Kier alpha value is -2.18. The lowest BCUT2D eigenvalue weighted by molar-refractivity contribution is -0.113. The SMILES string of the molecule is CC1=C(C(=O)Nc2ccc(C)cc2)C(c2ccccc2Br)NC(=S)N1. The van der Waals surface area contributed by atoms with Gasteiger partial charge in [0.15, 0.2) is 5.11 Å². The van der Waals surface area contributed by atoms with Crippen LogP contribution in [0.4, 0.5) is 5.69 Å². The first-order chi connectivity index (χ1) is 12.0. The van der Waals surface area contributed by atoms with Crippen molar-refractivity contribution in [2.75, 3.05) is 5.32 Å². The molecule has 3 rings (SSSR count). The third-order valence-corrected chi connectivity index (χ3v) is 4.98. The van der Waals surface area contributed by atoms with Gasteiger partial charge < -0.3 is 16.0 Å². The van der Waals surface area contributed by atoms with E-state index in [1.54, 1.807) is 0 Å². The third kappa shape index (κ3) is 3.91. The van der Waals surface area contributed by atoms with Gasteiger partial charge in [-0.25, -0.2) is 0 Å². The van der Waals surface area contributed by atoms with Crippen LogP contribution in [0, 0.1) is 6.92 Å². The predicted octanol–water partition coefficient (Wildman–Crippen LogP) is 4.19. The van der Waals surface area contributed by atoms with Crippen molar-refractivity contribution >= 4 is 44.9 Å².